The van der Waals surface area contributed by atoms with Crippen molar-refractivity contribution in [3.63, 3.8) is 0 Å². The second-order valence-corrected chi connectivity index (χ2v) is 31.6. The molecule has 8 nitrogen and oxygen atoms in total. The molecular formula is C118H82N8. The molecule has 2 aliphatic heterocycles. The van der Waals surface area contributed by atoms with Crippen LogP contribution in [0, 0.1) is 22.7 Å². The van der Waals surface area contributed by atoms with Crippen LogP contribution in [0.15, 0.2) is 497 Å². The average Bonchev–Trinajstić information content (AvgIpc) is 0.684. The van der Waals surface area contributed by atoms with E-state index in [0.717, 1.165) is 158 Å². The van der Waals surface area contributed by atoms with Crippen LogP contribution in [0.1, 0.15) is 55.6 Å². The normalized spacial score (nSPS) is 12.5. The van der Waals surface area contributed by atoms with Crippen LogP contribution in [0.25, 0.3) is 22.3 Å². The molecule has 0 aromatic heterocycles. The summed E-state index contributed by atoms with van der Waals surface area (Å²) < 4.78 is 0. The van der Waals surface area contributed by atoms with E-state index in [1.54, 1.807) is 0 Å². The highest BCUT2D eigenvalue weighted by Gasteiger charge is 2.51. The first kappa shape index (κ1) is 76.4. The highest BCUT2D eigenvalue weighted by Crippen LogP contribution is 2.66. The van der Waals surface area contributed by atoms with E-state index in [0.29, 0.717) is 22.3 Å². The Kier molecular flexibility index (Phi) is 20.1. The van der Waals surface area contributed by atoms with Gasteiger partial charge in [-0.1, -0.05) is 309 Å². The lowest BCUT2D eigenvalue weighted by Gasteiger charge is -2.49. The monoisotopic (exact) mass is 1610 g/mol. The summed E-state index contributed by atoms with van der Waals surface area (Å²) in [6.07, 6.45) is 0. The fourth-order valence-electron chi connectivity index (χ4n) is 19.5. The molecule has 0 atom stereocenters. The van der Waals surface area contributed by atoms with Gasteiger partial charge in [0.2, 0.25) is 0 Å². The lowest BCUT2D eigenvalue weighted by atomic mass is 9.62. The largest absolute Gasteiger partial charge is 0.310 e. The molecule has 126 heavy (non-hydrogen) atoms. The van der Waals surface area contributed by atoms with Crippen LogP contribution in [0.2, 0.25) is 0 Å². The van der Waals surface area contributed by atoms with Gasteiger partial charge in [0.05, 0.1) is 68.2 Å². The summed E-state index contributed by atoms with van der Waals surface area (Å²) in [6.45, 7) is 0. The zero-order chi connectivity index (χ0) is 84.3. The van der Waals surface area contributed by atoms with Crippen molar-refractivity contribution in [2.24, 2.45) is 0 Å². The van der Waals surface area contributed by atoms with Crippen LogP contribution in [0.5, 0.6) is 0 Å². The first-order valence-corrected chi connectivity index (χ1v) is 42.7. The van der Waals surface area contributed by atoms with E-state index in [1.165, 1.54) is 0 Å². The molecular weight excluding hydrogens is 1530 g/mol. The van der Waals surface area contributed by atoms with Gasteiger partial charge in [0.25, 0.3) is 0 Å². The summed E-state index contributed by atoms with van der Waals surface area (Å²) >= 11 is 0. The lowest BCUT2D eigenvalue weighted by Crippen LogP contribution is -2.39. The zero-order valence-corrected chi connectivity index (χ0v) is 68.9. The Bertz CT molecular complexity index is 6710. The predicted molar refractivity (Wildman–Crippen MR) is 519 cm³/mol. The topological polar surface area (TPSA) is 67.0 Å². The van der Waals surface area contributed by atoms with Gasteiger partial charge in [0.15, 0.2) is 0 Å². The summed E-state index contributed by atoms with van der Waals surface area (Å²) in [5.41, 5.74) is 26.4. The van der Waals surface area contributed by atoms with Crippen LogP contribution in [-0.4, -0.2) is 0 Å². The van der Waals surface area contributed by atoms with Crippen molar-refractivity contribution in [3.8, 4) is 34.4 Å². The smallest absolute Gasteiger partial charge is 0.0998 e. The number of rotatable bonds is 20. The van der Waals surface area contributed by atoms with Crippen molar-refractivity contribution in [1.29, 1.82) is 10.5 Å². The maximum atomic E-state index is 12.4. The molecule has 0 bridgehead atoms. The SMILES string of the molecule is N#Cc1ccccc1-c1ccc(N2c3ccc(N(c4ccccc4)c4ccccc4)cc3C(c3ccccc3)(c3ccccc3)c3cc(N(c4ccccc4)c4ccccc4)ccc32)c(-c2ccccc2C#N)c1N1c2ccc(N(c3ccccc3)c3ccccc3)cc2C(c2ccccc2)(c2ccccc2)c2cc(N(c3ccccc3)c3ccccc3)ccc21. The Labute approximate surface area is 735 Å². The molecule has 21 rings (SSSR count). The minimum atomic E-state index is -1.13. The number of para-hydroxylation sites is 8. The van der Waals surface area contributed by atoms with Gasteiger partial charge < -0.3 is 29.4 Å². The molecule has 8 heteroatoms. The van der Waals surface area contributed by atoms with Crippen molar-refractivity contribution < 1.29 is 0 Å². The molecule has 0 saturated carbocycles. The van der Waals surface area contributed by atoms with E-state index < -0.39 is 10.8 Å². The molecule has 2 heterocycles. The van der Waals surface area contributed by atoms with Crippen molar-refractivity contribution in [1.82, 2.24) is 0 Å². The Morgan fingerprint density at radius 1 is 0.183 bits per heavy atom. The Morgan fingerprint density at radius 2 is 0.397 bits per heavy atom. The summed E-state index contributed by atoms with van der Waals surface area (Å²) in [4.78, 5) is 14.4. The minimum Gasteiger partial charge on any atom is -0.310 e. The molecule has 0 saturated heterocycles. The Hall–Kier alpha value is -17.0. The molecule has 0 amide bonds. The highest BCUT2D eigenvalue weighted by atomic mass is 15.2. The van der Waals surface area contributed by atoms with Crippen LogP contribution >= 0.6 is 0 Å². The molecule has 0 aliphatic carbocycles. The van der Waals surface area contributed by atoms with Gasteiger partial charge in [0, 0.05) is 90.5 Å². The van der Waals surface area contributed by atoms with E-state index in [2.05, 4.69) is 509 Å². The number of fused-ring (bicyclic) bond motifs is 4. The summed E-state index contributed by atoms with van der Waals surface area (Å²) in [7, 11) is 0. The van der Waals surface area contributed by atoms with Gasteiger partial charge in [0.1, 0.15) is 0 Å². The molecule has 19 aromatic carbocycles. The van der Waals surface area contributed by atoms with Crippen molar-refractivity contribution >= 4 is 102 Å². The third kappa shape index (κ3) is 13.2. The number of benzene rings is 19. The third-order valence-electron chi connectivity index (χ3n) is 24.8. The predicted octanol–water partition coefficient (Wildman–Crippen LogP) is 31.0. The fraction of sp³-hybridized carbons (Fsp3) is 0.0169. The standard InChI is InChI=1S/C118H82N8/c119-83-85-41-37-39-67-103(85)105-73-78-114(125-110-74-69-99(121(91-51-21-5-22-52-91)92-53-23-6-24-54-92)79-106(110)117(87-43-13-1-14-44-87,88-45-15-2-16-46-88)107-80-100(70-75-111(107)125)122(93-55-25-7-26-56-93)94-57-27-8-28-58-94)115(104-68-40-38-42-86(104)84-120)116(105)126-112-76-71-101(123(95-59-29-9-30-60-95)96-61-31-10-32-62-96)81-108(112)118(89-47-17-3-18-48-89,90-49-19-4-20-50-90)109-82-102(72-77-113(109)126)124(97-63-33-11-34-64-97)98-65-35-12-36-66-98/h1-82H. The molecule has 0 spiro atoms. The Morgan fingerprint density at radius 3 is 0.659 bits per heavy atom. The first-order valence-electron chi connectivity index (χ1n) is 42.7. The van der Waals surface area contributed by atoms with Crippen LogP contribution in [0.3, 0.4) is 0 Å². The van der Waals surface area contributed by atoms with E-state index in [4.69, 9.17) is 0 Å². The van der Waals surface area contributed by atoms with E-state index in [-0.39, 0.29) is 0 Å². The van der Waals surface area contributed by atoms with Crippen LogP contribution in [-0.2, 0) is 10.8 Å². The molecule has 0 unspecified atom stereocenters. The van der Waals surface area contributed by atoms with Gasteiger partial charge in [-0.2, -0.15) is 10.5 Å². The molecule has 19 aromatic rings. The number of hydrogen-bond acceptors (Lipinski definition) is 8. The summed E-state index contributed by atoms with van der Waals surface area (Å²) in [6, 6.07) is 184. The maximum Gasteiger partial charge on any atom is 0.0998 e. The molecule has 594 valence electrons. The number of nitriles is 2. The molecule has 2 aliphatic rings. The van der Waals surface area contributed by atoms with E-state index in [1.807, 2.05) is 30.3 Å². The maximum absolute atomic E-state index is 12.4. The van der Waals surface area contributed by atoms with Crippen molar-refractivity contribution in [2.45, 2.75) is 10.8 Å². The van der Waals surface area contributed by atoms with Gasteiger partial charge in [-0.3, -0.25) is 0 Å². The van der Waals surface area contributed by atoms with Gasteiger partial charge in [-0.05, 0) is 233 Å². The zero-order valence-electron chi connectivity index (χ0n) is 68.9. The van der Waals surface area contributed by atoms with Gasteiger partial charge >= 0.3 is 0 Å². The highest BCUT2D eigenvalue weighted by molar-refractivity contribution is 6.10. The molecule has 0 fully saturated rings. The lowest BCUT2D eigenvalue weighted by molar-refractivity contribution is 0.730. The molecule has 0 N–H and O–H groups in total. The average molecular weight is 1610 g/mol. The van der Waals surface area contributed by atoms with Crippen molar-refractivity contribution in [2.75, 3.05) is 29.4 Å². The molecule has 0 radical (unpaired) electrons. The van der Waals surface area contributed by atoms with E-state index >= 15 is 0 Å². The number of hydrogen-bond donors (Lipinski definition) is 0. The second-order valence-electron chi connectivity index (χ2n) is 31.6. The minimum absolute atomic E-state index is 0.452. The fourth-order valence-corrected chi connectivity index (χ4v) is 19.5. The second kappa shape index (κ2) is 33.2. The Balaban J connectivity index is 0.954. The van der Waals surface area contributed by atoms with Crippen LogP contribution < -0.4 is 29.4 Å². The third-order valence-corrected chi connectivity index (χ3v) is 24.8. The van der Waals surface area contributed by atoms with Crippen LogP contribution in [0.4, 0.5) is 102 Å². The van der Waals surface area contributed by atoms with Crippen molar-refractivity contribution in [3.05, 3.63) is 553 Å². The van der Waals surface area contributed by atoms with Gasteiger partial charge in [-0.25, -0.2) is 0 Å². The van der Waals surface area contributed by atoms with Gasteiger partial charge in [-0.15, -0.1) is 0 Å². The summed E-state index contributed by atoms with van der Waals surface area (Å²) in [5.74, 6) is 0. The summed E-state index contributed by atoms with van der Waals surface area (Å²) in [5, 5.41) is 24.3. The van der Waals surface area contributed by atoms with E-state index in [9.17, 15) is 10.5 Å². The quantitative estimate of drug-likeness (QED) is 0.0748. The number of nitrogens with zero attached hydrogens (tertiary/aromatic N) is 8. The first-order chi connectivity index (χ1) is 62.5. The number of anilines is 18.